The van der Waals surface area contributed by atoms with Crippen LogP contribution in [0.4, 0.5) is 5.82 Å². The second kappa shape index (κ2) is 8.12. The summed E-state index contributed by atoms with van der Waals surface area (Å²) in [6, 6.07) is 5.38. The summed E-state index contributed by atoms with van der Waals surface area (Å²) >= 11 is 0. The third kappa shape index (κ3) is 4.68. The Morgan fingerprint density at radius 1 is 1.27 bits per heavy atom. The standard InChI is InChI=1S/C19H25N5O2/c1-13-10-17(24(2)3)23-16(22-13)12-21-19(25)14-8-9-18(20-11-14)26-15-6-4-5-7-15/h8-11,15H,4-7,12H2,1-3H3,(H,21,25). The summed E-state index contributed by atoms with van der Waals surface area (Å²) in [5.41, 5.74) is 1.35. The Bertz CT molecular complexity index is 755. The molecule has 1 aliphatic rings. The minimum Gasteiger partial charge on any atom is -0.474 e. The number of rotatable bonds is 6. The number of nitrogens with zero attached hydrogens (tertiary/aromatic N) is 4. The van der Waals surface area contributed by atoms with Gasteiger partial charge < -0.3 is 15.0 Å². The van der Waals surface area contributed by atoms with Gasteiger partial charge in [0.25, 0.3) is 5.91 Å². The van der Waals surface area contributed by atoms with Crippen LogP contribution in [-0.4, -0.2) is 41.1 Å². The van der Waals surface area contributed by atoms with E-state index in [1.807, 2.05) is 32.0 Å². The number of carbonyl (C=O) groups excluding carboxylic acids is 1. The molecule has 0 spiro atoms. The van der Waals surface area contributed by atoms with Crippen LogP contribution in [-0.2, 0) is 6.54 Å². The van der Waals surface area contributed by atoms with E-state index < -0.39 is 0 Å². The molecule has 1 aliphatic carbocycles. The van der Waals surface area contributed by atoms with Gasteiger partial charge in [-0.3, -0.25) is 4.79 Å². The predicted molar refractivity (Wildman–Crippen MR) is 99.4 cm³/mol. The van der Waals surface area contributed by atoms with Gasteiger partial charge >= 0.3 is 0 Å². The van der Waals surface area contributed by atoms with E-state index in [0.717, 1.165) is 24.4 Å². The average molecular weight is 355 g/mol. The Morgan fingerprint density at radius 2 is 2.04 bits per heavy atom. The van der Waals surface area contributed by atoms with Crippen LogP contribution < -0.4 is 15.0 Å². The van der Waals surface area contributed by atoms with E-state index in [2.05, 4.69) is 20.3 Å². The Labute approximate surface area is 153 Å². The molecular weight excluding hydrogens is 330 g/mol. The molecular formula is C19H25N5O2. The Kier molecular flexibility index (Phi) is 5.65. The number of amides is 1. The number of carbonyl (C=O) groups is 1. The SMILES string of the molecule is Cc1cc(N(C)C)nc(CNC(=O)c2ccc(OC3CCCC3)nc2)n1. The fraction of sp³-hybridized carbons (Fsp3) is 0.474. The summed E-state index contributed by atoms with van der Waals surface area (Å²) in [6.45, 7) is 2.18. The number of anilines is 1. The second-order valence-corrected chi connectivity index (χ2v) is 6.77. The van der Waals surface area contributed by atoms with Crippen molar-refractivity contribution in [3.8, 4) is 5.88 Å². The van der Waals surface area contributed by atoms with Crippen LogP contribution in [0.25, 0.3) is 0 Å². The largest absolute Gasteiger partial charge is 0.474 e. The van der Waals surface area contributed by atoms with Gasteiger partial charge in [-0.1, -0.05) is 0 Å². The first-order valence-electron chi connectivity index (χ1n) is 8.94. The normalized spacial score (nSPS) is 14.3. The Balaban J connectivity index is 1.58. The highest BCUT2D eigenvalue weighted by Crippen LogP contribution is 2.22. The molecule has 26 heavy (non-hydrogen) atoms. The fourth-order valence-corrected chi connectivity index (χ4v) is 2.94. The monoisotopic (exact) mass is 355 g/mol. The van der Waals surface area contributed by atoms with Gasteiger partial charge in [0.2, 0.25) is 5.88 Å². The highest BCUT2D eigenvalue weighted by Gasteiger charge is 2.17. The Hall–Kier alpha value is -2.70. The number of aryl methyl sites for hydroxylation is 1. The molecule has 0 saturated heterocycles. The molecule has 138 valence electrons. The zero-order valence-electron chi connectivity index (χ0n) is 15.5. The maximum absolute atomic E-state index is 12.3. The Morgan fingerprint density at radius 3 is 2.69 bits per heavy atom. The van der Waals surface area contributed by atoms with E-state index in [4.69, 9.17) is 4.74 Å². The lowest BCUT2D eigenvalue weighted by atomic mass is 10.2. The molecule has 0 atom stereocenters. The molecule has 7 nitrogen and oxygen atoms in total. The van der Waals surface area contributed by atoms with Crippen LogP contribution in [0.15, 0.2) is 24.4 Å². The van der Waals surface area contributed by atoms with Crippen molar-refractivity contribution in [1.82, 2.24) is 20.3 Å². The number of ether oxygens (including phenoxy) is 1. The van der Waals surface area contributed by atoms with Crippen LogP contribution in [0, 0.1) is 6.92 Å². The average Bonchev–Trinajstić information content (AvgIpc) is 3.13. The first kappa shape index (κ1) is 18.1. The van der Waals surface area contributed by atoms with Gasteiger partial charge in [-0.2, -0.15) is 0 Å². The van der Waals surface area contributed by atoms with Gasteiger partial charge in [-0.05, 0) is 38.7 Å². The summed E-state index contributed by atoms with van der Waals surface area (Å²) in [5, 5.41) is 2.84. The first-order chi connectivity index (χ1) is 12.5. The summed E-state index contributed by atoms with van der Waals surface area (Å²) in [7, 11) is 3.84. The third-order valence-electron chi connectivity index (χ3n) is 4.34. The first-order valence-corrected chi connectivity index (χ1v) is 8.94. The van der Waals surface area contributed by atoms with E-state index in [1.165, 1.54) is 12.8 Å². The fourth-order valence-electron chi connectivity index (χ4n) is 2.94. The lowest BCUT2D eigenvalue weighted by Crippen LogP contribution is -2.25. The molecule has 1 fully saturated rings. The van der Waals surface area contributed by atoms with E-state index in [-0.39, 0.29) is 18.6 Å². The van der Waals surface area contributed by atoms with E-state index >= 15 is 0 Å². The van der Waals surface area contributed by atoms with Gasteiger partial charge in [0.05, 0.1) is 12.1 Å². The topological polar surface area (TPSA) is 80.2 Å². The second-order valence-electron chi connectivity index (χ2n) is 6.77. The number of hydrogen-bond donors (Lipinski definition) is 1. The summed E-state index contributed by atoms with van der Waals surface area (Å²) in [4.78, 5) is 27.3. The quantitative estimate of drug-likeness (QED) is 0.857. The van der Waals surface area contributed by atoms with Crippen molar-refractivity contribution in [1.29, 1.82) is 0 Å². The lowest BCUT2D eigenvalue weighted by Gasteiger charge is -2.13. The molecule has 1 saturated carbocycles. The summed E-state index contributed by atoms with van der Waals surface area (Å²) in [5.74, 6) is 1.76. The van der Waals surface area contributed by atoms with E-state index in [0.29, 0.717) is 17.3 Å². The van der Waals surface area contributed by atoms with Crippen LogP contribution in [0.3, 0.4) is 0 Å². The number of pyridine rings is 1. The van der Waals surface area contributed by atoms with Crippen LogP contribution in [0.5, 0.6) is 5.88 Å². The maximum atomic E-state index is 12.3. The van der Waals surface area contributed by atoms with Gasteiger partial charge in [0, 0.05) is 38.1 Å². The van der Waals surface area contributed by atoms with Crippen molar-refractivity contribution in [2.75, 3.05) is 19.0 Å². The van der Waals surface area contributed by atoms with Crippen molar-refractivity contribution >= 4 is 11.7 Å². The highest BCUT2D eigenvalue weighted by atomic mass is 16.5. The molecule has 2 aromatic rings. The molecule has 1 amide bonds. The molecule has 0 bridgehead atoms. The van der Waals surface area contributed by atoms with Crippen molar-refractivity contribution in [2.24, 2.45) is 0 Å². The third-order valence-corrected chi connectivity index (χ3v) is 4.34. The number of hydrogen-bond acceptors (Lipinski definition) is 6. The number of aromatic nitrogens is 3. The lowest BCUT2D eigenvalue weighted by molar-refractivity contribution is 0.0949. The van der Waals surface area contributed by atoms with Crippen molar-refractivity contribution in [3.05, 3.63) is 41.5 Å². The van der Waals surface area contributed by atoms with E-state index in [1.54, 1.807) is 18.3 Å². The molecule has 0 aliphatic heterocycles. The minimum absolute atomic E-state index is 0.207. The molecule has 0 aromatic carbocycles. The van der Waals surface area contributed by atoms with Gasteiger partial charge in [0.15, 0.2) is 0 Å². The predicted octanol–water partition coefficient (Wildman–Crippen LogP) is 2.50. The van der Waals surface area contributed by atoms with Gasteiger partial charge in [-0.25, -0.2) is 15.0 Å². The molecule has 1 N–H and O–H groups in total. The molecule has 2 aromatic heterocycles. The van der Waals surface area contributed by atoms with Crippen LogP contribution in [0.2, 0.25) is 0 Å². The van der Waals surface area contributed by atoms with Crippen LogP contribution >= 0.6 is 0 Å². The summed E-state index contributed by atoms with van der Waals surface area (Å²) in [6.07, 6.45) is 6.38. The zero-order valence-corrected chi connectivity index (χ0v) is 15.5. The molecule has 3 rings (SSSR count). The van der Waals surface area contributed by atoms with Crippen molar-refractivity contribution in [2.45, 2.75) is 45.3 Å². The highest BCUT2D eigenvalue weighted by molar-refractivity contribution is 5.93. The molecule has 0 radical (unpaired) electrons. The molecule has 7 heteroatoms. The molecule has 0 unspecified atom stereocenters. The van der Waals surface area contributed by atoms with Crippen LogP contribution in [0.1, 0.15) is 47.6 Å². The smallest absolute Gasteiger partial charge is 0.253 e. The van der Waals surface area contributed by atoms with Crippen molar-refractivity contribution in [3.63, 3.8) is 0 Å². The molecule has 2 heterocycles. The van der Waals surface area contributed by atoms with E-state index in [9.17, 15) is 4.79 Å². The number of nitrogens with one attached hydrogen (secondary N) is 1. The van der Waals surface area contributed by atoms with Gasteiger partial charge in [-0.15, -0.1) is 0 Å². The maximum Gasteiger partial charge on any atom is 0.253 e. The van der Waals surface area contributed by atoms with Gasteiger partial charge in [0.1, 0.15) is 17.7 Å². The minimum atomic E-state index is -0.207. The summed E-state index contributed by atoms with van der Waals surface area (Å²) < 4.78 is 5.82. The zero-order chi connectivity index (χ0) is 18.5. The van der Waals surface area contributed by atoms with Crippen molar-refractivity contribution < 1.29 is 9.53 Å².